The van der Waals surface area contributed by atoms with Crippen molar-refractivity contribution in [3.8, 4) is 11.1 Å². The molecule has 0 unspecified atom stereocenters. The molecule has 0 aliphatic rings. The Kier molecular flexibility index (Phi) is 5.79. The molecule has 1 N–H and O–H groups in total. The van der Waals surface area contributed by atoms with Gasteiger partial charge in [-0.2, -0.15) is 0 Å². The van der Waals surface area contributed by atoms with Crippen molar-refractivity contribution in [3.63, 3.8) is 0 Å². The maximum absolute atomic E-state index is 12.2. The van der Waals surface area contributed by atoms with E-state index in [4.69, 9.17) is 9.47 Å². The van der Waals surface area contributed by atoms with E-state index in [0.717, 1.165) is 20.5 Å². The largest absolute Gasteiger partial charge is 0.465 e. The number of anilines is 1. The number of aryl methyl sites for hydroxylation is 1. The summed E-state index contributed by atoms with van der Waals surface area (Å²) in [5, 5.41) is 3.04. The standard InChI is InChI=1S/C16H16BrNO4S/c1-4-22-16(20)18-14-13(15(19)21-3)12(9(2)23-14)10-5-7-11(17)8-6-10/h5-8H,4H2,1-3H3,(H,18,20). The molecule has 0 atom stereocenters. The van der Waals surface area contributed by atoms with Crippen molar-refractivity contribution in [1.29, 1.82) is 0 Å². The normalized spacial score (nSPS) is 10.3. The Labute approximate surface area is 146 Å². The minimum absolute atomic E-state index is 0.253. The highest BCUT2D eigenvalue weighted by molar-refractivity contribution is 9.10. The Morgan fingerprint density at radius 2 is 1.91 bits per heavy atom. The smallest absolute Gasteiger partial charge is 0.412 e. The third kappa shape index (κ3) is 3.92. The van der Waals surface area contributed by atoms with Gasteiger partial charge in [0.05, 0.1) is 13.7 Å². The number of halogens is 1. The molecule has 0 radical (unpaired) electrons. The number of methoxy groups -OCH3 is 1. The van der Waals surface area contributed by atoms with E-state index in [2.05, 4.69) is 21.2 Å². The number of hydrogen-bond donors (Lipinski definition) is 1. The van der Waals surface area contributed by atoms with E-state index >= 15 is 0 Å². The summed E-state index contributed by atoms with van der Waals surface area (Å²) < 4.78 is 10.7. The summed E-state index contributed by atoms with van der Waals surface area (Å²) in [5.41, 5.74) is 1.96. The second-order valence-electron chi connectivity index (χ2n) is 4.58. The van der Waals surface area contributed by atoms with Crippen LogP contribution in [0.5, 0.6) is 0 Å². The van der Waals surface area contributed by atoms with Crippen LogP contribution in [0.3, 0.4) is 0 Å². The quantitative estimate of drug-likeness (QED) is 0.749. The van der Waals surface area contributed by atoms with Crippen LogP contribution in [-0.4, -0.2) is 25.8 Å². The first-order valence-electron chi connectivity index (χ1n) is 6.89. The molecular formula is C16H16BrNO4S. The zero-order chi connectivity index (χ0) is 17.0. The van der Waals surface area contributed by atoms with Crippen molar-refractivity contribution in [2.24, 2.45) is 0 Å². The van der Waals surface area contributed by atoms with Crippen molar-refractivity contribution >= 4 is 44.3 Å². The molecule has 0 bridgehead atoms. The van der Waals surface area contributed by atoms with Crippen LogP contribution < -0.4 is 5.32 Å². The van der Waals surface area contributed by atoms with Crippen LogP contribution in [0.25, 0.3) is 11.1 Å². The lowest BCUT2D eigenvalue weighted by Gasteiger charge is -2.08. The molecule has 7 heteroatoms. The van der Waals surface area contributed by atoms with Gasteiger partial charge < -0.3 is 9.47 Å². The second-order valence-corrected chi connectivity index (χ2v) is 6.72. The average molecular weight is 398 g/mol. The molecule has 0 saturated carbocycles. The number of hydrogen-bond acceptors (Lipinski definition) is 5. The zero-order valence-corrected chi connectivity index (χ0v) is 15.3. The summed E-state index contributed by atoms with van der Waals surface area (Å²) in [5.74, 6) is -0.501. The van der Waals surface area contributed by atoms with Gasteiger partial charge in [0.15, 0.2) is 0 Å². The first kappa shape index (κ1) is 17.5. The Morgan fingerprint density at radius 3 is 2.48 bits per heavy atom. The fraction of sp³-hybridized carbons (Fsp3) is 0.250. The van der Waals surface area contributed by atoms with Crippen LogP contribution in [0.15, 0.2) is 28.7 Å². The van der Waals surface area contributed by atoms with Gasteiger partial charge in [0.2, 0.25) is 0 Å². The number of carbonyl (C=O) groups excluding carboxylic acids is 2. The lowest BCUT2D eigenvalue weighted by atomic mass is 10.0. The molecule has 1 amide bonds. The third-order valence-electron chi connectivity index (χ3n) is 3.10. The Hall–Kier alpha value is -1.86. The molecule has 5 nitrogen and oxygen atoms in total. The SMILES string of the molecule is CCOC(=O)Nc1sc(C)c(-c2ccc(Br)cc2)c1C(=O)OC. The molecule has 23 heavy (non-hydrogen) atoms. The minimum atomic E-state index is -0.596. The van der Waals surface area contributed by atoms with Gasteiger partial charge in [-0.05, 0) is 31.5 Å². The number of amides is 1. The zero-order valence-electron chi connectivity index (χ0n) is 12.9. The molecule has 0 saturated heterocycles. The summed E-state index contributed by atoms with van der Waals surface area (Å²) >= 11 is 4.70. The molecule has 0 spiro atoms. The van der Waals surface area contributed by atoms with Gasteiger partial charge in [0.1, 0.15) is 10.6 Å². The lowest BCUT2D eigenvalue weighted by molar-refractivity contribution is 0.0603. The fourth-order valence-electron chi connectivity index (χ4n) is 2.15. The van der Waals surface area contributed by atoms with Gasteiger partial charge in [0.25, 0.3) is 0 Å². The molecule has 1 heterocycles. The van der Waals surface area contributed by atoms with Crippen molar-refractivity contribution in [1.82, 2.24) is 0 Å². The van der Waals surface area contributed by atoms with E-state index in [1.807, 2.05) is 31.2 Å². The Morgan fingerprint density at radius 1 is 1.26 bits per heavy atom. The predicted octanol–water partition coefficient (Wildman–Crippen LogP) is 4.84. The molecule has 0 aliphatic carbocycles. The maximum Gasteiger partial charge on any atom is 0.412 e. The van der Waals surface area contributed by atoms with Crippen LogP contribution in [0.2, 0.25) is 0 Å². The highest BCUT2D eigenvalue weighted by atomic mass is 79.9. The lowest BCUT2D eigenvalue weighted by Crippen LogP contribution is -2.15. The monoisotopic (exact) mass is 397 g/mol. The van der Waals surface area contributed by atoms with E-state index in [9.17, 15) is 9.59 Å². The van der Waals surface area contributed by atoms with Crippen LogP contribution in [0.1, 0.15) is 22.2 Å². The first-order valence-corrected chi connectivity index (χ1v) is 8.50. The van der Waals surface area contributed by atoms with Crippen molar-refractivity contribution in [2.45, 2.75) is 13.8 Å². The average Bonchev–Trinajstić information content (AvgIpc) is 2.83. The molecular weight excluding hydrogens is 382 g/mol. The number of benzene rings is 1. The van der Waals surface area contributed by atoms with E-state index in [-0.39, 0.29) is 6.61 Å². The van der Waals surface area contributed by atoms with Crippen molar-refractivity contribution < 1.29 is 19.1 Å². The van der Waals surface area contributed by atoms with E-state index < -0.39 is 12.1 Å². The van der Waals surface area contributed by atoms with Crippen LogP contribution in [0.4, 0.5) is 9.80 Å². The number of rotatable bonds is 4. The van der Waals surface area contributed by atoms with Gasteiger partial charge in [-0.25, -0.2) is 9.59 Å². The number of ether oxygens (including phenoxy) is 2. The highest BCUT2D eigenvalue weighted by Gasteiger charge is 2.25. The highest BCUT2D eigenvalue weighted by Crippen LogP contribution is 2.40. The van der Waals surface area contributed by atoms with Crippen molar-refractivity contribution in [3.05, 3.63) is 39.2 Å². The number of esters is 1. The van der Waals surface area contributed by atoms with Crippen molar-refractivity contribution in [2.75, 3.05) is 19.0 Å². The summed E-state index contributed by atoms with van der Waals surface area (Å²) in [6.45, 7) is 3.86. The molecule has 2 rings (SSSR count). The molecule has 0 aliphatic heterocycles. The van der Waals surface area contributed by atoms with Gasteiger partial charge in [-0.1, -0.05) is 28.1 Å². The number of thiophene rings is 1. The van der Waals surface area contributed by atoms with E-state index in [1.165, 1.54) is 18.4 Å². The van der Waals surface area contributed by atoms with Gasteiger partial charge >= 0.3 is 12.1 Å². The summed E-state index contributed by atoms with van der Waals surface area (Å²) in [4.78, 5) is 24.8. The van der Waals surface area contributed by atoms with Crippen LogP contribution in [-0.2, 0) is 9.47 Å². The summed E-state index contributed by atoms with van der Waals surface area (Å²) in [7, 11) is 1.31. The number of nitrogens with one attached hydrogen (secondary N) is 1. The van der Waals surface area contributed by atoms with Gasteiger partial charge in [-0.3, -0.25) is 5.32 Å². The van der Waals surface area contributed by atoms with Gasteiger partial charge in [-0.15, -0.1) is 11.3 Å². The fourth-order valence-corrected chi connectivity index (χ4v) is 3.47. The Balaban J connectivity index is 2.53. The third-order valence-corrected chi connectivity index (χ3v) is 4.65. The second kappa shape index (κ2) is 7.61. The Bertz CT molecular complexity index is 724. The number of carbonyl (C=O) groups is 2. The molecule has 1 aromatic carbocycles. The molecule has 122 valence electrons. The van der Waals surface area contributed by atoms with E-state index in [1.54, 1.807) is 6.92 Å². The topological polar surface area (TPSA) is 64.6 Å². The first-order chi connectivity index (χ1) is 11.0. The molecule has 0 fully saturated rings. The summed E-state index contributed by atoms with van der Waals surface area (Å²) in [6, 6.07) is 7.59. The molecule has 1 aromatic heterocycles. The predicted molar refractivity (Wildman–Crippen MR) is 94.2 cm³/mol. The molecule has 2 aromatic rings. The summed E-state index contributed by atoms with van der Waals surface area (Å²) in [6.07, 6.45) is -0.596. The van der Waals surface area contributed by atoms with Crippen LogP contribution in [0, 0.1) is 6.92 Å². The minimum Gasteiger partial charge on any atom is -0.465 e. The maximum atomic E-state index is 12.2. The van der Waals surface area contributed by atoms with Crippen LogP contribution >= 0.6 is 27.3 Å². The van der Waals surface area contributed by atoms with Gasteiger partial charge in [0, 0.05) is 14.9 Å². The van der Waals surface area contributed by atoms with E-state index in [0.29, 0.717) is 10.6 Å².